The molecule has 0 aromatic heterocycles. The van der Waals surface area contributed by atoms with Crippen molar-refractivity contribution >= 4 is 23.5 Å². The van der Waals surface area contributed by atoms with Crippen LogP contribution in [0.4, 0.5) is 0 Å². The molecule has 0 heterocycles. The average Bonchev–Trinajstić information content (AvgIpc) is 2.52. The maximum Gasteiger partial charge on any atom is 0.315 e. The molecule has 5 heteroatoms. The molecule has 0 bridgehead atoms. The summed E-state index contributed by atoms with van der Waals surface area (Å²) in [4.78, 5) is 23.1. The number of carbonyl (C=O) groups is 2. The Bertz CT molecular complexity index is 427. The standard InChI is InChI=1S/C18H30O4S/c1-14(6-5-7-15(2)10-11-19)8-9-17(20)16(3)12-23-13-18(21)22-4/h6,10,16,19H,5,7-9,11-13H2,1-4H3. The summed E-state index contributed by atoms with van der Waals surface area (Å²) in [6, 6.07) is 0. The highest BCUT2D eigenvalue weighted by Crippen LogP contribution is 2.15. The maximum atomic E-state index is 12.1. The average molecular weight is 343 g/mol. The molecule has 0 fully saturated rings. The number of esters is 1. The lowest BCUT2D eigenvalue weighted by Crippen LogP contribution is -2.15. The lowest BCUT2D eigenvalue weighted by molar-refractivity contribution is -0.137. The zero-order valence-corrected chi connectivity index (χ0v) is 15.6. The molecule has 0 rings (SSSR count). The number of thioether (sulfide) groups is 1. The van der Waals surface area contributed by atoms with Crippen molar-refractivity contribution in [2.75, 3.05) is 25.2 Å². The van der Waals surface area contributed by atoms with Gasteiger partial charge in [-0.05, 0) is 33.1 Å². The molecule has 1 N–H and O–H groups in total. The molecule has 0 saturated heterocycles. The summed E-state index contributed by atoms with van der Waals surface area (Å²) in [6.45, 7) is 6.06. The van der Waals surface area contributed by atoms with Crippen molar-refractivity contribution in [3.05, 3.63) is 23.3 Å². The number of aliphatic hydroxyl groups excluding tert-OH is 1. The van der Waals surface area contributed by atoms with E-state index in [4.69, 9.17) is 5.11 Å². The van der Waals surface area contributed by atoms with E-state index in [1.807, 2.05) is 19.9 Å². The topological polar surface area (TPSA) is 63.6 Å². The number of aliphatic hydroxyl groups is 1. The molecule has 0 amide bonds. The Balaban J connectivity index is 3.97. The first-order valence-electron chi connectivity index (χ1n) is 8.00. The van der Waals surface area contributed by atoms with Crippen LogP contribution in [0.5, 0.6) is 0 Å². The highest BCUT2D eigenvalue weighted by molar-refractivity contribution is 7.99. The highest BCUT2D eigenvalue weighted by atomic mass is 32.2. The normalized spacial score (nSPS) is 13.8. The molecular weight excluding hydrogens is 312 g/mol. The summed E-state index contributed by atoms with van der Waals surface area (Å²) in [6.07, 6.45) is 7.19. The van der Waals surface area contributed by atoms with E-state index in [9.17, 15) is 9.59 Å². The van der Waals surface area contributed by atoms with Gasteiger partial charge in [-0.15, -0.1) is 11.8 Å². The SMILES string of the molecule is COC(=O)CSCC(C)C(=O)CCC(C)=CCCC(C)=CCO. The largest absolute Gasteiger partial charge is 0.468 e. The summed E-state index contributed by atoms with van der Waals surface area (Å²) in [5.41, 5.74) is 2.41. The number of allylic oxidation sites excluding steroid dienone is 3. The van der Waals surface area contributed by atoms with Crippen LogP contribution in [0.2, 0.25) is 0 Å². The molecule has 0 radical (unpaired) electrons. The number of ketones is 1. The maximum absolute atomic E-state index is 12.1. The predicted molar refractivity (Wildman–Crippen MR) is 96.6 cm³/mol. The summed E-state index contributed by atoms with van der Waals surface area (Å²) in [5, 5.41) is 8.79. The van der Waals surface area contributed by atoms with Gasteiger partial charge in [0.1, 0.15) is 5.78 Å². The van der Waals surface area contributed by atoms with Gasteiger partial charge in [0.25, 0.3) is 0 Å². The van der Waals surface area contributed by atoms with E-state index in [1.54, 1.807) is 0 Å². The van der Waals surface area contributed by atoms with Crippen LogP contribution in [0.25, 0.3) is 0 Å². The molecule has 23 heavy (non-hydrogen) atoms. The van der Waals surface area contributed by atoms with Crippen molar-refractivity contribution in [1.29, 1.82) is 0 Å². The fraction of sp³-hybridized carbons (Fsp3) is 0.667. The van der Waals surface area contributed by atoms with E-state index >= 15 is 0 Å². The first-order valence-corrected chi connectivity index (χ1v) is 9.15. The Morgan fingerprint density at radius 1 is 1.13 bits per heavy atom. The Kier molecular flexibility index (Phi) is 12.8. The van der Waals surface area contributed by atoms with Gasteiger partial charge in [-0.25, -0.2) is 0 Å². The van der Waals surface area contributed by atoms with Gasteiger partial charge < -0.3 is 9.84 Å². The van der Waals surface area contributed by atoms with Gasteiger partial charge in [-0.1, -0.05) is 30.2 Å². The van der Waals surface area contributed by atoms with Crippen molar-refractivity contribution in [2.45, 2.75) is 46.5 Å². The van der Waals surface area contributed by atoms with E-state index in [0.29, 0.717) is 17.9 Å². The summed E-state index contributed by atoms with van der Waals surface area (Å²) in [7, 11) is 1.37. The minimum absolute atomic E-state index is 0.0350. The first kappa shape index (κ1) is 21.9. The van der Waals surface area contributed by atoms with Gasteiger partial charge in [0.2, 0.25) is 0 Å². The number of hydrogen-bond acceptors (Lipinski definition) is 5. The van der Waals surface area contributed by atoms with Crippen LogP contribution in [0.15, 0.2) is 23.3 Å². The Labute approximate surface area is 144 Å². The lowest BCUT2D eigenvalue weighted by atomic mass is 10.0. The van der Waals surface area contributed by atoms with Crippen molar-refractivity contribution in [3.8, 4) is 0 Å². The van der Waals surface area contributed by atoms with Crippen LogP contribution in [-0.2, 0) is 14.3 Å². The molecule has 4 nitrogen and oxygen atoms in total. The zero-order chi connectivity index (χ0) is 17.7. The fourth-order valence-corrected chi connectivity index (χ4v) is 2.89. The van der Waals surface area contributed by atoms with Gasteiger partial charge in [-0.2, -0.15) is 0 Å². The van der Waals surface area contributed by atoms with E-state index in [2.05, 4.69) is 17.7 Å². The summed E-state index contributed by atoms with van der Waals surface area (Å²) >= 11 is 1.44. The first-order chi connectivity index (χ1) is 10.9. The highest BCUT2D eigenvalue weighted by Gasteiger charge is 2.13. The Hall–Kier alpha value is -1.07. The third-order valence-electron chi connectivity index (χ3n) is 3.60. The van der Waals surface area contributed by atoms with Crippen LogP contribution in [0.1, 0.15) is 46.5 Å². The number of hydrogen-bond donors (Lipinski definition) is 1. The van der Waals surface area contributed by atoms with E-state index in [-0.39, 0.29) is 24.3 Å². The van der Waals surface area contributed by atoms with E-state index < -0.39 is 0 Å². The van der Waals surface area contributed by atoms with Crippen LogP contribution in [-0.4, -0.2) is 42.1 Å². The second-order valence-corrected chi connectivity index (χ2v) is 6.81. The number of ether oxygens (including phenoxy) is 1. The molecule has 0 aliphatic carbocycles. The van der Waals surface area contributed by atoms with Crippen LogP contribution in [0.3, 0.4) is 0 Å². The summed E-state index contributed by atoms with van der Waals surface area (Å²) in [5.74, 6) is 0.910. The second kappa shape index (κ2) is 13.4. The van der Waals surface area contributed by atoms with E-state index in [1.165, 1.54) is 30.0 Å². The van der Waals surface area contributed by atoms with Crippen molar-refractivity contribution in [3.63, 3.8) is 0 Å². The molecule has 0 aliphatic heterocycles. The molecular formula is C18H30O4S. The van der Waals surface area contributed by atoms with Crippen LogP contribution < -0.4 is 0 Å². The van der Waals surface area contributed by atoms with Gasteiger partial charge in [0.05, 0.1) is 19.5 Å². The Morgan fingerprint density at radius 3 is 2.39 bits per heavy atom. The van der Waals surface area contributed by atoms with Crippen molar-refractivity contribution in [2.24, 2.45) is 5.92 Å². The number of Topliss-reactive ketones (excluding diaryl/α,β-unsaturated/α-hetero) is 1. The molecule has 0 saturated carbocycles. The molecule has 0 aliphatic rings. The quantitative estimate of drug-likeness (QED) is 0.434. The van der Waals surface area contributed by atoms with Gasteiger partial charge in [-0.3, -0.25) is 9.59 Å². The van der Waals surface area contributed by atoms with E-state index in [0.717, 1.165) is 19.3 Å². The number of methoxy groups -OCH3 is 1. The Morgan fingerprint density at radius 2 is 1.78 bits per heavy atom. The molecule has 0 spiro atoms. The van der Waals surface area contributed by atoms with Gasteiger partial charge >= 0.3 is 5.97 Å². The monoisotopic (exact) mass is 342 g/mol. The molecule has 0 aromatic carbocycles. The van der Waals surface area contributed by atoms with Crippen LogP contribution >= 0.6 is 11.8 Å². The van der Waals surface area contributed by atoms with Gasteiger partial charge in [0, 0.05) is 18.1 Å². The minimum Gasteiger partial charge on any atom is -0.468 e. The number of rotatable bonds is 12. The third-order valence-corrected chi connectivity index (χ3v) is 4.78. The number of carbonyl (C=O) groups excluding carboxylic acids is 2. The second-order valence-electron chi connectivity index (χ2n) is 5.78. The fourth-order valence-electron chi connectivity index (χ4n) is 1.94. The zero-order valence-electron chi connectivity index (χ0n) is 14.8. The summed E-state index contributed by atoms with van der Waals surface area (Å²) < 4.78 is 4.57. The molecule has 1 atom stereocenters. The molecule has 0 aromatic rings. The smallest absolute Gasteiger partial charge is 0.315 e. The van der Waals surface area contributed by atoms with Crippen molar-refractivity contribution < 1.29 is 19.4 Å². The van der Waals surface area contributed by atoms with Crippen molar-refractivity contribution in [1.82, 2.24) is 0 Å². The lowest BCUT2D eigenvalue weighted by Gasteiger charge is -2.10. The third kappa shape index (κ3) is 12.1. The minimum atomic E-state index is -0.251. The predicted octanol–water partition coefficient (Wildman–Crippen LogP) is 3.54. The molecule has 1 unspecified atom stereocenters. The van der Waals surface area contributed by atoms with Gasteiger partial charge in [0.15, 0.2) is 0 Å². The van der Waals surface area contributed by atoms with Crippen LogP contribution in [0, 0.1) is 5.92 Å². The molecule has 132 valence electrons.